The number of nitrogens with zero attached hydrogens (tertiary/aromatic N) is 2. The molecule has 0 radical (unpaired) electrons. The van der Waals surface area contributed by atoms with Crippen LogP contribution in [0.4, 0.5) is 5.13 Å². The van der Waals surface area contributed by atoms with E-state index in [0.717, 1.165) is 10.1 Å². The maximum Gasteiger partial charge on any atom is 0.206 e. The number of nitrogens with one attached hydrogen (secondary N) is 1. The maximum absolute atomic E-state index is 4.14. The van der Waals surface area contributed by atoms with E-state index in [-0.39, 0.29) is 0 Å². The zero-order valence-corrected chi connectivity index (χ0v) is 10.6. The number of benzene rings is 1. The Labute approximate surface area is 105 Å². The van der Waals surface area contributed by atoms with Crippen molar-refractivity contribution in [2.45, 2.75) is 32.2 Å². The molecule has 0 spiro atoms. The first-order chi connectivity index (χ1) is 8.33. The minimum atomic E-state index is 0.396. The van der Waals surface area contributed by atoms with Gasteiger partial charge in [0.05, 0.1) is 6.04 Å². The van der Waals surface area contributed by atoms with E-state index in [1.54, 1.807) is 11.3 Å². The Morgan fingerprint density at radius 1 is 1.29 bits per heavy atom. The summed E-state index contributed by atoms with van der Waals surface area (Å²) in [6.07, 6.45) is 3.62. The molecule has 0 saturated carbocycles. The van der Waals surface area contributed by atoms with Crippen molar-refractivity contribution < 1.29 is 0 Å². The lowest BCUT2D eigenvalue weighted by Gasteiger charge is -2.25. The van der Waals surface area contributed by atoms with Crippen LogP contribution in [0.25, 0.3) is 0 Å². The molecule has 0 aliphatic heterocycles. The lowest BCUT2D eigenvalue weighted by Crippen LogP contribution is -2.17. The summed E-state index contributed by atoms with van der Waals surface area (Å²) in [4.78, 5) is 0. The summed E-state index contributed by atoms with van der Waals surface area (Å²) in [7, 11) is 0. The minimum absolute atomic E-state index is 0.396. The van der Waals surface area contributed by atoms with Crippen molar-refractivity contribution in [1.82, 2.24) is 10.2 Å². The van der Waals surface area contributed by atoms with Gasteiger partial charge in [-0.15, -0.1) is 10.2 Å². The van der Waals surface area contributed by atoms with E-state index in [4.69, 9.17) is 0 Å². The summed E-state index contributed by atoms with van der Waals surface area (Å²) < 4.78 is 0. The van der Waals surface area contributed by atoms with Gasteiger partial charge in [0, 0.05) is 0 Å². The van der Waals surface area contributed by atoms with E-state index in [2.05, 4.69) is 39.8 Å². The first-order valence-corrected chi connectivity index (χ1v) is 6.79. The molecule has 0 fully saturated rings. The summed E-state index contributed by atoms with van der Waals surface area (Å²) in [5.41, 5.74) is 2.89. The van der Waals surface area contributed by atoms with Crippen LogP contribution in [-0.2, 0) is 6.42 Å². The van der Waals surface area contributed by atoms with Crippen molar-refractivity contribution in [3.05, 3.63) is 40.4 Å². The van der Waals surface area contributed by atoms with Crippen molar-refractivity contribution in [2.75, 3.05) is 5.32 Å². The molecule has 0 saturated heterocycles. The summed E-state index contributed by atoms with van der Waals surface area (Å²) in [6.45, 7) is 1.98. The number of hydrogen-bond donors (Lipinski definition) is 1. The topological polar surface area (TPSA) is 37.8 Å². The molecule has 1 aromatic carbocycles. The zero-order chi connectivity index (χ0) is 11.7. The average molecular weight is 245 g/mol. The van der Waals surface area contributed by atoms with Crippen molar-refractivity contribution >= 4 is 16.5 Å². The van der Waals surface area contributed by atoms with Gasteiger partial charge >= 0.3 is 0 Å². The predicted molar refractivity (Wildman–Crippen MR) is 70.4 cm³/mol. The second-order valence-electron chi connectivity index (χ2n) is 4.41. The Morgan fingerprint density at radius 2 is 2.18 bits per heavy atom. The highest BCUT2D eigenvalue weighted by Crippen LogP contribution is 2.32. The van der Waals surface area contributed by atoms with E-state index >= 15 is 0 Å². The smallest absolute Gasteiger partial charge is 0.206 e. The molecule has 1 heterocycles. The van der Waals surface area contributed by atoms with E-state index in [1.165, 1.54) is 30.4 Å². The van der Waals surface area contributed by atoms with E-state index in [9.17, 15) is 0 Å². The number of fused-ring (bicyclic) bond motifs is 1. The van der Waals surface area contributed by atoms with Gasteiger partial charge in [0.25, 0.3) is 0 Å². The van der Waals surface area contributed by atoms with Crippen LogP contribution in [0.2, 0.25) is 0 Å². The molecule has 1 aromatic heterocycles. The molecule has 0 bridgehead atoms. The van der Waals surface area contributed by atoms with Gasteiger partial charge < -0.3 is 5.32 Å². The highest BCUT2D eigenvalue weighted by Gasteiger charge is 2.20. The fourth-order valence-corrected chi connectivity index (χ4v) is 3.05. The van der Waals surface area contributed by atoms with Crippen LogP contribution in [0.1, 0.15) is 35.0 Å². The highest BCUT2D eigenvalue weighted by molar-refractivity contribution is 7.15. The molecular formula is C13H15N3S. The molecule has 1 atom stereocenters. The summed E-state index contributed by atoms with van der Waals surface area (Å²) in [6, 6.07) is 9.09. The molecule has 2 aromatic rings. The number of aromatic nitrogens is 2. The van der Waals surface area contributed by atoms with E-state index in [1.807, 2.05) is 6.92 Å². The van der Waals surface area contributed by atoms with Gasteiger partial charge in [-0.05, 0) is 37.3 Å². The van der Waals surface area contributed by atoms with E-state index < -0.39 is 0 Å². The number of rotatable bonds is 2. The standard InChI is InChI=1S/C13H15N3S/c1-9-15-16-13(17-9)14-12-8-4-6-10-5-2-3-7-11(10)12/h2-3,5,7,12H,4,6,8H2,1H3,(H,14,16). The lowest BCUT2D eigenvalue weighted by molar-refractivity contribution is 0.599. The summed E-state index contributed by atoms with van der Waals surface area (Å²) in [5.74, 6) is 0. The molecule has 1 aliphatic carbocycles. The predicted octanol–water partition coefficient (Wildman–Crippen LogP) is 3.34. The normalized spacial score (nSPS) is 18.8. The van der Waals surface area contributed by atoms with Crippen molar-refractivity contribution in [3.8, 4) is 0 Å². The zero-order valence-electron chi connectivity index (χ0n) is 9.81. The molecule has 1 aliphatic rings. The molecule has 17 heavy (non-hydrogen) atoms. The summed E-state index contributed by atoms with van der Waals surface area (Å²) >= 11 is 1.62. The average Bonchev–Trinajstić information content (AvgIpc) is 2.75. The number of anilines is 1. The first-order valence-electron chi connectivity index (χ1n) is 5.97. The van der Waals surface area contributed by atoms with Crippen LogP contribution in [0.3, 0.4) is 0 Å². The molecule has 3 nitrogen and oxygen atoms in total. The van der Waals surface area contributed by atoms with Crippen LogP contribution in [0, 0.1) is 6.92 Å². The lowest BCUT2D eigenvalue weighted by atomic mass is 9.88. The summed E-state index contributed by atoms with van der Waals surface area (Å²) in [5, 5.41) is 13.6. The third-order valence-corrected chi connectivity index (χ3v) is 3.96. The van der Waals surface area contributed by atoms with Crippen LogP contribution < -0.4 is 5.32 Å². The second-order valence-corrected chi connectivity index (χ2v) is 5.60. The molecule has 1 unspecified atom stereocenters. The molecule has 88 valence electrons. The monoisotopic (exact) mass is 245 g/mol. The molecule has 1 N–H and O–H groups in total. The fraction of sp³-hybridized carbons (Fsp3) is 0.385. The maximum atomic E-state index is 4.14. The van der Waals surface area contributed by atoms with E-state index in [0.29, 0.717) is 6.04 Å². The largest absolute Gasteiger partial charge is 0.353 e. The van der Waals surface area contributed by atoms with Gasteiger partial charge in [0.2, 0.25) is 5.13 Å². The second kappa shape index (κ2) is 4.45. The quantitative estimate of drug-likeness (QED) is 0.881. The third kappa shape index (κ3) is 2.17. The Balaban J connectivity index is 1.85. The Hall–Kier alpha value is -1.42. The van der Waals surface area contributed by atoms with Crippen LogP contribution in [-0.4, -0.2) is 10.2 Å². The first kappa shape index (κ1) is 10.7. The van der Waals surface area contributed by atoms with Gasteiger partial charge in [-0.25, -0.2) is 0 Å². The molecule has 3 rings (SSSR count). The van der Waals surface area contributed by atoms with Crippen LogP contribution in [0.15, 0.2) is 24.3 Å². The number of hydrogen-bond acceptors (Lipinski definition) is 4. The van der Waals surface area contributed by atoms with Gasteiger partial charge in [-0.2, -0.15) is 0 Å². The van der Waals surface area contributed by atoms with Crippen LogP contribution in [0.5, 0.6) is 0 Å². The molecule has 0 amide bonds. The number of aryl methyl sites for hydroxylation is 2. The van der Waals surface area contributed by atoms with Crippen molar-refractivity contribution in [3.63, 3.8) is 0 Å². The van der Waals surface area contributed by atoms with Gasteiger partial charge in [-0.3, -0.25) is 0 Å². The van der Waals surface area contributed by atoms with Crippen molar-refractivity contribution in [1.29, 1.82) is 0 Å². The van der Waals surface area contributed by atoms with Crippen molar-refractivity contribution in [2.24, 2.45) is 0 Å². The minimum Gasteiger partial charge on any atom is -0.353 e. The Kier molecular flexibility index (Phi) is 2.81. The fourth-order valence-electron chi connectivity index (χ4n) is 2.41. The molecular weight excluding hydrogens is 230 g/mol. The highest BCUT2D eigenvalue weighted by atomic mass is 32.1. The third-order valence-electron chi connectivity index (χ3n) is 3.19. The SMILES string of the molecule is Cc1nnc(NC2CCCc3ccccc32)s1. The van der Waals surface area contributed by atoms with Gasteiger partial charge in [0.15, 0.2) is 0 Å². The van der Waals surface area contributed by atoms with Gasteiger partial charge in [-0.1, -0.05) is 35.6 Å². The van der Waals surface area contributed by atoms with Crippen LogP contribution >= 0.6 is 11.3 Å². The Bertz CT molecular complexity index is 521. The Morgan fingerprint density at radius 3 is 3.00 bits per heavy atom. The van der Waals surface area contributed by atoms with Gasteiger partial charge in [0.1, 0.15) is 5.01 Å². The molecule has 4 heteroatoms.